The number of hydrogen-bond acceptors (Lipinski definition) is 18. The molecule has 6 heterocycles. The second-order valence-corrected chi connectivity index (χ2v) is 35.4. The maximum Gasteiger partial charge on any atom is 0.534 e. The lowest BCUT2D eigenvalue weighted by atomic mass is 9.59. The van der Waals surface area contributed by atoms with Crippen molar-refractivity contribution >= 4 is 77.5 Å². The Morgan fingerprint density at radius 2 is 1.01 bits per heavy atom. The first-order valence-electron chi connectivity index (χ1n) is 39.9. The fourth-order valence-electron chi connectivity index (χ4n) is 15.7. The predicted molar refractivity (Wildman–Crippen MR) is 468 cm³/mol. The maximum absolute atomic E-state index is 13.1. The van der Waals surface area contributed by atoms with Gasteiger partial charge < -0.3 is 45.7 Å². The van der Waals surface area contributed by atoms with E-state index < -0.39 is 22.7 Å². The molecular weight excluding hydrogens is 1620 g/mol. The monoisotopic (exact) mass is 1730 g/mol. The van der Waals surface area contributed by atoms with E-state index in [9.17, 15) is 26.4 Å². The van der Waals surface area contributed by atoms with Crippen molar-refractivity contribution < 1.29 is 40.6 Å². The molecule has 4 fully saturated rings. The van der Waals surface area contributed by atoms with E-state index in [0.717, 1.165) is 129 Å². The molecule has 15 rings (SSSR count). The molecule has 9 aromatic rings. The number of halogens is 5. The molecule has 4 aromatic heterocycles. The van der Waals surface area contributed by atoms with E-state index in [4.69, 9.17) is 26.8 Å². The summed E-state index contributed by atoms with van der Waals surface area (Å²) in [5.74, 6) is 2.45. The zero-order valence-corrected chi connectivity index (χ0v) is 72.2. The van der Waals surface area contributed by atoms with Crippen LogP contribution in [0, 0.1) is 35.0 Å². The van der Waals surface area contributed by atoms with E-state index in [-0.39, 0.29) is 22.5 Å². The first-order chi connectivity index (χ1) is 55.3. The van der Waals surface area contributed by atoms with Gasteiger partial charge in [0, 0.05) is 133 Å². The lowest BCUT2D eigenvalue weighted by Crippen LogP contribution is -2.58. The van der Waals surface area contributed by atoms with Gasteiger partial charge in [0.15, 0.2) is 0 Å². The minimum atomic E-state index is -5.66. The Morgan fingerprint density at radius 1 is 0.595 bits per heavy atom. The van der Waals surface area contributed by atoms with Gasteiger partial charge in [-0.2, -0.15) is 26.9 Å². The van der Waals surface area contributed by atoms with Crippen LogP contribution in [-0.4, -0.2) is 167 Å². The highest BCUT2D eigenvalue weighted by atomic mass is 79.9. The van der Waals surface area contributed by atoms with Crippen LogP contribution in [0.3, 0.4) is 0 Å². The van der Waals surface area contributed by atoms with Gasteiger partial charge in [0.2, 0.25) is 0 Å². The molecule has 4 aliphatic carbocycles. The van der Waals surface area contributed by atoms with E-state index in [2.05, 4.69) is 194 Å². The number of rotatable bonds is 21. The van der Waals surface area contributed by atoms with Crippen LogP contribution in [0.1, 0.15) is 121 Å². The lowest BCUT2D eigenvalue weighted by molar-refractivity contribution is -0.0500. The van der Waals surface area contributed by atoms with E-state index in [1.165, 1.54) is 91.0 Å². The number of carbonyl (C=O) groups excluding carboxylic acids is 1. The summed E-state index contributed by atoms with van der Waals surface area (Å²) < 4.78 is 66.6. The molecule has 1 amide bonds. The number of likely N-dealkylation sites (tertiary alicyclic amines) is 2. The number of aromatic nitrogens is 4. The first kappa shape index (κ1) is 89.7. The number of nitrogens with one attached hydrogen (secondary N) is 1. The van der Waals surface area contributed by atoms with Gasteiger partial charge in [-0.1, -0.05) is 100 Å². The van der Waals surface area contributed by atoms with Crippen molar-refractivity contribution in [3.05, 3.63) is 242 Å². The Labute approximate surface area is 701 Å². The van der Waals surface area contributed by atoms with Gasteiger partial charge in [0.25, 0.3) is 5.91 Å². The number of nitriles is 1. The maximum atomic E-state index is 13.1. The zero-order valence-electron chi connectivity index (χ0n) is 68.2. The minimum absolute atomic E-state index is 0.0212. The smallest absolute Gasteiger partial charge is 0.423 e. The zero-order chi connectivity index (χ0) is 83.7. The molecular formula is C90H111BBr2F3N13O6S. The number of anilines is 3. The summed E-state index contributed by atoms with van der Waals surface area (Å²) in [5, 5.41) is 29.0. The van der Waals surface area contributed by atoms with Gasteiger partial charge in [-0.05, 0) is 298 Å². The fourth-order valence-corrected chi connectivity index (χ4v) is 16.6. The second-order valence-electron chi connectivity index (χ2n) is 32.2. The summed E-state index contributed by atoms with van der Waals surface area (Å²) >= 11 is 6.46. The average molecular weight is 1730 g/mol. The highest BCUT2D eigenvalue weighted by Crippen LogP contribution is 2.52. The van der Waals surface area contributed by atoms with Crippen LogP contribution in [-0.2, 0) is 59.5 Å². The number of piperidine rings is 2. The molecule has 2 aliphatic heterocycles. The van der Waals surface area contributed by atoms with Crippen molar-refractivity contribution in [2.75, 3.05) is 103 Å². The van der Waals surface area contributed by atoms with Gasteiger partial charge in [0.05, 0.1) is 23.9 Å². The highest BCUT2D eigenvalue weighted by Gasteiger charge is 2.52. The number of benzene rings is 5. The number of pyridine rings is 4. The van der Waals surface area contributed by atoms with Gasteiger partial charge in [-0.25, -0.2) is 9.97 Å². The summed E-state index contributed by atoms with van der Waals surface area (Å²) in [6, 6.07) is 54.0. The molecule has 6 aliphatic rings. The third-order valence-corrected chi connectivity index (χ3v) is 25.4. The van der Waals surface area contributed by atoms with Crippen molar-refractivity contribution in [2.24, 2.45) is 35.1 Å². The Bertz CT molecular complexity index is 4790. The van der Waals surface area contributed by atoms with E-state index in [0.29, 0.717) is 55.4 Å². The molecule has 26 heteroatoms. The van der Waals surface area contributed by atoms with Crippen LogP contribution in [0.4, 0.5) is 30.2 Å². The van der Waals surface area contributed by atoms with Gasteiger partial charge in [0.1, 0.15) is 15.0 Å². The Morgan fingerprint density at radius 3 is 1.40 bits per heavy atom. The topological polar surface area (TPSA) is 257 Å². The minimum Gasteiger partial charge on any atom is -0.423 e. The molecule has 7 N–H and O–H groups in total. The third kappa shape index (κ3) is 24.1. The van der Waals surface area contributed by atoms with E-state index in [1.54, 1.807) is 24.4 Å². The number of amides is 1. The summed E-state index contributed by atoms with van der Waals surface area (Å²) in [5.41, 5.74) is 23.6. The van der Waals surface area contributed by atoms with Crippen molar-refractivity contribution in [3.8, 4) is 34.3 Å². The van der Waals surface area contributed by atoms with Crippen molar-refractivity contribution in [1.29, 1.82) is 5.26 Å². The van der Waals surface area contributed by atoms with Crippen molar-refractivity contribution in [3.63, 3.8) is 0 Å². The van der Waals surface area contributed by atoms with E-state index >= 15 is 0 Å². The first-order valence-corrected chi connectivity index (χ1v) is 42.9. The number of carbonyl (C=O) groups is 1. The largest absolute Gasteiger partial charge is 0.534 e. The van der Waals surface area contributed by atoms with Crippen LogP contribution < -0.4 is 41.1 Å². The molecule has 0 radical (unpaired) electrons. The highest BCUT2D eigenvalue weighted by molar-refractivity contribution is 9.10. The molecule has 2 saturated carbocycles. The van der Waals surface area contributed by atoms with Crippen molar-refractivity contribution in [2.45, 2.75) is 133 Å². The van der Waals surface area contributed by atoms with Crippen molar-refractivity contribution in [1.82, 2.24) is 35.1 Å². The molecule has 116 heavy (non-hydrogen) atoms. The van der Waals surface area contributed by atoms with Crippen LogP contribution in [0.5, 0.6) is 5.75 Å². The number of fused-ring (bicyclic) bond motifs is 8. The molecule has 2 saturated heterocycles. The lowest BCUT2D eigenvalue weighted by Gasteiger charge is -2.55. The molecule has 4 bridgehead atoms. The van der Waals surface area contributed by atoms with Gasteiger partial charge in [-0.3, -0.25) is 24.6 Å². The standard InChI is InChI=1S/C34H42N4O.C19H24F3NO3S.C15H19N3.C8H12BNO2.C7H9BrN2.C7H5BrN2/c1-23-32-20-27-8-9-28(19-30(27)34(23,2)16-18-38(32)22-25-5-6-25)33(39)35-17-15-24-7-14-31(36-21-24)26-10-12-29(13-11-26)37(3)4;1-12-17-9-14-5-6-15(26-27(24,25)19(20,21)22)10-16(14)18(12,2)7-8-23(17)11-13-3-4-13;1-18(2)14-6-4-13(5-7-14)15-8-3-12(9-10-16)11-17-15;1-10(2)8-5-3-7(4-6-8)9(11)12;2*8-7-2-1-6(3-4-9)5-10-7/h7-14,19,21,23,25,32H,5-6,15-18,20,22H2,1-4H3,(H,35,39);5-6,10,12-13,17H,3-4,7-9,11H2,1-2H3;3-8,11H,9-10,16H2,1-2H3;3-6,11-12H,1-2H3;1-2,5H,3-4,9H2;1-2,5H,3H2/t23-,32?,34-;12-,17?,18-;;;;/m00..../s1. The summed E-state index contributed by atoms with van der Waals surface area (Å²) in [6.45, 7) is 15.7. The number of nitrogens with two attached hydrogens (primary N) is 2. The molecule has 5 aromatic carbocycles. The molecule has 0 spiro atoms. The van der Waals surface area contributed by atoms with Gasteiger partial charge >= 0.3 is 22.7 Å². The average Bonchev–Trinajstić information content (AvgIpc) is 1.14. The molecule has 19 nitrogen and oxygen atoms in total. The van der Waals surface area contributed by atoms with Crippen LogP contribution in [0.25, 0.3) is 22.5 Å². The predicted octanol–water partition coefficient (Wildman–Crippen LogP) is 14.6. The number of nitrogens with zero attached hydrogens (tertiary/aromatic N) is 10. The number of hydrogen-bond donors (Lipinski definition) is 5. The quantitative estimate of drug-likeness (QED) is 0.0194. The Hall–Kier alpha value is -8.62. The Balaban J connectivity index is 0.000000160. The van der Waals surface area contributed by atoms with Gasteiger partial charge in [-0.15, -0.1) is 0 Å². The van der Waals surface area contributed by atoms with E-state index in [1.807, 2.05) is 114 Å². The Kier molecular flexibility index (Phi) is 31.5. The SMILES string of the molecule is CN(C)c1ccc(-c2ccc(CCN)cn2)cc1.CN(C)c1ccc(B(O)O)cc1.C[C@H]1C2Cc3ccc(C(=O)NCCc4ccc(-c5ccc(N(C)C)cc5)nc4)cc3[C@@]1(C)CCN2CC1CC1.C[C@H]1C2Cc3ccc(OS(=O)(=O)C(F)(F)F)cc3[C@@]1(C)CCN2CC1CC1.N#CCc1ccc(Br)nc1.NCCc1ccc(Br)nc1. The number of alkyl halides is 3. The van der Waals surface area contributed by atoms with Crippen LogP contribution in [0.2, 0.25) is 0 Å². The molecule has 6 atom stereocenters. The third-order valence-electron chi connectivity index (χ3n) is 23.5. The molecule has 2 unspecified atom stereocenters. The summed E-state index contributed by atoms with van der Waals surface area (Å²) in [6.07, 6.45) is 19.8. The fraction of sp³-hybridized carbons (Fsp3) is 0.422. The van der Waals surface area contributed by atoms with Crippen LogP contribution in [0.15, 0.2) is 192 Å². The summed E-state index contributed by atoms with van der Waals surface area (Å²) in [4.78, 5) is 41.8. The normalized spacial score (nSPS) is 19.7. The molecule has 616 valence electrons. The summed E-state index contributed by atoms with van der Waals surface area (Å²) in [7, 11) is 5.00. The second kappa shape index (κ2) is 40.7. The van der Waals surface area contributed by atoms with Crippen LogP contribution >= 0.6 is 31.9 Å².